The van der Waals surface area contributed by atoms with Gasteiger partial charge in [-0.15, -0.1) is 11.3 Å². The van der Waals surface area contributed by atoms with Crippen LogP contribution in [0, 0.1) is 0 Å². The fourth-order valence-corrected chi connectivity index (χ4v) is 2.61. The standard InChI is InChI=1S/C10H14N2S/c11-10(3-4-10)5-8-6-13-9(12-8)7-1-2-7/h6-7H,1-5,11H2. The quantitative estimate of drug-likeness (QED) is 0.800. The van der Waals surface area contributed by atoms with Crippen LogP contribution in [-0.2, 0) is 6.42 Å². The smallest absolute Gasteiger partial charge is 0.0959 e. The van der Waals surface area contributed by atoms with E-state index in [0.717, 1.165) is 12.3 Å². The van der Waals surface area contributed by atoms with E-state index in [1.54, 1.807) is 0 Å². The van der Waals surface area contributed by atoms with E-state index in [0.29, 0.717) is 0 Å². The molecule has 0 bridgehead atoms. The maximum atomic E-state index is 6.04. The first-order valence-corrected chi connectivity index (χ1v) is 5.86. The summed E-state index contributed by atoms with van der Waals surface area (Å²) in [5, 5.41) is 3.54. The van der Waals surface area contributed by atoms with E-state index >= 15 is 0 Å². The van der Waals surface area contributed by atoms with E-state index in [1.165, 1.54) is 36.4 Å². The molecule has 0 saturated heterocycles. The highest BCUT2D eigenvalue weighted by molar-refractivity contribution is 7.09. The van der Waals surface area contributed by atoms with Crippen LogP contribution in [0.15, 0.2) is 5.38 Å². The Balaban J connectivity index is 1.73. The van der Waals surface area contributed by atoms with Gasteiger partial charge in [0.25, 0.3) is 0 Å². The molecule has 2 nitrogen and oxygen atoms in total. The van der Waals surface area contributed by atoms with Gasteiger partial charge in [-0.3, -0.25) is 0 Å². The SMILES string of the molecule is NC1(Cc2csc(C3CC3)n2)CC1. The lowest BCUT2D eigenvalue weighted by Crippen LogP contribution is -2.24. The van der Waals surface area contributed by atoms with Crippen LogP contribution in [0.4, 0.5) is 0 Å². The molecule has 2 N–H and O–H groups in total. The van der Waals surface area contributed by atoms with Crippen molar-refractivity contribution >= 4 is 11.3 Å². The first-order valence-electron chi connectivity index (χ1n) is 4.98. The van der Waals surface area contributed by atoms with Gasteiger partial charge in [-0.25, -0.2) is 4.98 Å². The summed E-state index contributed by atoms with van der Waals surface area (Å²) >= 11 is 1.82. The van der Waals surface area contributed by atoms with Gasteiger partial charge in [0.2, 0.25) is 0 Å². The van der Waals surface area contributed by atoms with Crippen molar-refractivity contribution in [3.05, 3.63) is 16.1 Å². The highest BCUT2D eigenvalue weighted by Gasteiger charge is 2.39. The molecule has 2 aliphatic rings. The van der Waals surface area contributed by atoms with Crippen LogP contribution in [0.5, 0.6) is 0 Å². The largest absolute Gasteiger partial charge is 0.325 e. The van der Waals surface area contributed by atoms with Gasteiger partial charge in [-0.05, 0) is 25.7 Å². The van der Waals surface area contributed by atoms with E-state index in [4.69, 9.17) is 5.73 Å². The molecule has 3 heteroatoms. The Morgan fingerprint density at radius 1 is 1.54 bits per heavy atom. The molecular formula is C10H14N2S. The Morgan fingerprint density at radius 3 is 2.92 bits per heavy atom. The Morgan fingerprint density at radius 2 is 2.31 bits per heavy atom. The molecule has 0 atom stereocenters. The van der Waals surface area contributed by atoms with Crippen LogP contribution in [-0.4, -0.2) is 10.5 Å². The van der Waals surface area contributed by atoms with Gasteiger partial charge in [-0.2, -0.15) is 0 Å². The summed E-state index contributed by atoms with van der Waals surface area (Å²) < 4.78 is 0. The molecule has 1 aromatic heterocycles. The third-order valence-electron chi connectivity index (χ3n) is 2.92. The monoisotopic (exact) mass is 194 g/mol. The zero-order chi connectivity index (χ0) is 8.89. The topological polar surface area (TPSA) is 38.9 Å². The second kappa shape index (κ2) is 2.55. The third kappa shape index (κ3) is 1.63. The van der Waals surface area contributed by atoms with Crippen LogP contribution in [0.2, 0.25) is 0 Å². The fraction of sp³-hybridized carbons (Fsp3) is 0.700. The van der Waals surface area contributed by atoms with E-state index in [-0.39, 0.29) is 5.54 Å². The second-order valence-electron chi connectivity index (χ2n) is 4.49. The minimum Gasteiger partial charge on any atom is -0.325 e. The number of hydrogen-bond acceptors (Lipinski definition) is 3. The molecule has 0 unspecified atom stereocenters. The highest BCUT2D eigenvalue weighted by atomic mass is 32.1. The number of hydrogen-bond donors (Lipinski definition) is 1. The number of nitrogens with zero attached hydrogens (tertiary/aromatic N) is 1. The maximum Gasteiger partial charge on any atom is 0.0959 e. The van der Waals surface area contributed by atoms with Gasteiger partial charge >= 0.3 is 0 Å². The molecule has 1 heterocycles. The van der Waals surface area contributed by atoms with Gasteiger partial charge in [0, 0.05) is 23.3 Å². The molecule has 13 heavy (non-hydrogen) atoms. The lowest BCUT2D eigenvalue weighted by Gasteiger charge is -2.03. The van der Waals surface area contributed by atoms with Crippen LogP contribution in [0.1, 0.15) is 42.3 Å². The summed E-state index contributed by atoms with van der Waals surface area (Å²) in [4.78, 5) is 4.64. The first kappa shape index (κ1) is 7.94. The van der Waals surface area contributed by atoms with Gasteiger partial charge in [0.15, 0.2) is 0 Å². The lowest BCUT2D eigenvalue weighted by molar-refractivity contribution is 0.660. The minimum absolute atomic E-state index is 0.120. The van der Waals surface area contributed by atoms with Crippen LogP contribution >= 0.6 is 11.3 Å². The molecule has 0 aromatic carbocycles. The summed E-state index contributed by atoms with van der Waals surface area (Å²) in [6.45, 7) is 0. The molecule has 2 aliphatic carbocycles. The van der Waals surface area contributed by atoms with E-state index in [2.05, 4.69) is 10.4 Å². The molecule has 2 saturated carbocycles. The first-order chi connectivity index (χ1) is 6.25. The Bertz CT molecular complexity index is 323. The predicted octanol–water partition coefficient (Wildman–Crippen LogP) is 2.05. The van der Waals surface area contributed by atoms with Gasteiger partial charge in [0.1, 0.15) is 0 Å². The maximum absolute atomic E-state index is 6.04. The van der Waals surface area contributed by atoms with Crippen LogP contribution < -0.4 is 5.73 Å². The molecule has 3 rings (SSSR count). The van der Waals surface area contributed by atoms with E-state index in [1.807, 2.05) is 11.3 Å². The summed E-state index contributed by atoms with van der Waals surface area (Å²) in [5.74, 6) is 0.798. The second-order valence-corrected chi connectivity index (χ2v) is 5.38. The third-order valence-corrected chi connectivity index (χ3v) is 3.98. The Kier molecular flexibility index (Phi) is 1.56. The van der Waals surface area contributed by atoms with Crippen molar-refractivity contribution in [2.75, 3.05) is 0 Å². The van der Waals surface area contributed by atoms with Crippen molar-refractivity contribution < 1.29 is 0 Å². The molecule has 0 amide bonds. The predicted molar refractivity (Wildman–Crippen MR) is 53.9 cm³/mol. The zero-order valence-corrected chi connectivity index (χ0v) is 8.44. The van der Waals surface area contributed by atoms with Gasteiger partial charge < -0.3 is 5.73 Å². The molecule has 1 aromatic rings. The molecule has 70 valence electrons. The van der Waals surface area contributed by atoms with Crippen molar-refractivity contribution in [1.82, 2.24) is 4.98 Å². The summed E-state index contributed by atoms with van der Waals surface area (Å²) in [6, 6.07) is 0. The number of aromatic nitrogens is 1. The van der Waals surface area contributed by atoms with Gasteiger partial charge in [0.05, 0.1) is 10.7 Å². The van der Waals surface area contributed by atoms with Crippen molar-refractivity contribution in [2.24, 2.45) is 5.73 Å². The van der Waals surface area contributed by atoms with Crippen molar-refractivity contribution in [2.45, 2.75) is 43.6 Å². The molecule has 0 radical (unpaired) electrons. The minimum atomic E-state index is 0.120. The normalized spacial score (nSPS) is 24.7. The van der Waals surface area contributed by atoms with Crippen LogP contribution in [0.3, 0.4) is 0 Å². The van der Waals surface area contributed by atoms with Crippen molar-refractivity contribution in [3.63, 3.8) is 0 Å². The zero-order valence-electron chi connectivity index (χ0n) is 7.62. The number of thiazole rings is 1. The molecule has 0 spiro atoms. The average molecular weight is 194 g/mol. The fourth-order valence-electron chi connectivity index (χ4n) is 1.62. The van der Waals surface area contributed by atoms with Crippen LogP contribution in [0.25, 0.3) is 0 Å². The van der Waals surface area contributed by atoms with E-state index < -0.39 is 0 Å². The lowest BCUT2D eigenvalue weighted by atomic mass is 10.1. The Hall–Kier alpha value is -0.410. The van der Waals surface area contributed by atoms with Crippen molar-refractivity contribution in [1.29, 1.82) is 0 Å². The Labute approximate surface area is 82.2 Å². The summed E-state index contributed by atoms with van der Waals surface area (Å²) in [5.41, 5.74) is 7.39. The molecule has 2 fully saturated rings. The van der Waals surface area contributed by atoms with Crippen molar-refractivity contribution in [3.8, 4) is 0 Å². The number of rotatable bonds is 3. The number of nitrogens with two attached hydrogens (primary N) is 1. The van der Waals surface area contributed by atoms with E-state index in [9.17, 15) is 0 Å². The average Bonchev–Trinajstić information content (AvgIpc) is 2.99. The molecule has 0 aliphatic heterocycles. The van der Waals surface area contributed by atoms with Gasteiger partial charge in [-0.1, -0.05) is 0 Å². The summed E-state index contributed by atoms with van der Waals surface area (Å²) in [7, 11) is 0. The highest BCUT2D eigenvalue weighted by Crippen LogP contribution is 2.42. The summed E-state index contributed by atoms with van der Waals surface area (Å²) in [6.07, 6.45) is 6.06. The molecular weight excluding hydrogens is 180 g/mol.